The van der Waals surface area contributed by atoms with E-state index in [9.17, 15) is 0 Å². The van der Waals surface area contributed by atoms with Gasteiger partial charge in [0.25, 0.3) is 0 Å². The van der Waals surface area contributed by atoms with Gasteiger partial charge in [0.1, 0.15) is 0 Å². The zero-order chi connectivity index (χ0) is 13.8. The molecule has 1 aliphatic carbocycles. The van der Waals surface area contributed by atoms with Crippen LogP contribution in [-0.4, -0.2) is 23.2 Å². The average molecular weight is 274 g/mol. The Morgan fingerprint density at radius 2 is 2.15 bits per heavy atom. The zero-order valence-corrected chi connectivity index (χ0v) is 12.5. The smallest absolute Gasteiger partial charge is 0.0708 e. The molecule has 110 valence electrons. The predicted molar refractivity (Wildman–Crippen MR) is 80.6 cm³/mol. The zero-order valence-electron chi connectivity index (χ0n) is 12.5. The number of aromatic nitrogens is 1. The molecule has 2 atom stereocenters. The van der Waals surface area contributed by atoms with Crippen LogP contribution in [0.4, 0.5) is 0 Å². The van der Waals surface area contributed by atoms with Gasteiger partial charge in [-0.2, -0.15) is 0 Å². The highest BCUT2D eigenvalue weighted by Crippen LogP contribution is 2.41. The molecule has 2 fully saturated rings. The van der Waals surface area contributed by atoms with Gasteiger partial charge in [-0.25, -0.2) is 0 Å². The summed E-state index contributed by atoms with van der Waals surface area (Å²) >= 11 is 0. The van der Waals surface area contributed by atoms with Gasteiger partial charge in [0, 0.05) is 18.8 Å². The molecule has 3 nitrogen and oxygen atoms in total. The monoisotopic (exact) mass is 274 g/mol. The normalized spacial score (nSPS) is 26.8. The molecule has 0 amide bonds. The molecule has 1 unspecified atom stereocenters. The van der Waals surface area contributed by atoms with Crippen LogP contribution >= 0.6 is 0 Å². The van der Waals surface area contributed by atoms with Crippen molar-refractivity contribution in [3.8, 4) is 0 Å². The van der Waals surface area contributed by atoms with Crippen LogP contribution in [0.2, 0.25) is 0 Å². The fourth-order valence-corrected chi connectivity index (χ4v) is 3.65. The van der Waals surface area contributed by atoms with E-state index in [2.05, 4.69) is 23.3 Å². The second-order valence-electron chi connectivity index (χ2n) is 6.41. The van der Waals surface area contributed by atoms with Gasteiger partial charge in [-0.1, -0.05) is 25.3 Å². The van der Waals surface area contributed by atoms with Crippen LogP contribution in [0.3, 0.4) is 0 Å². The Labute approximate surface area is 122 Å². The molecule has 20 heavy (non-hydrogen) atoms. The van der Waals surface area contributed by atoms with Crippen LogP contribution in [0, 0.1) is 0 Å². The molecule has 1 saturated carbocycles. The molecule has 1 spiro atoms. The second-order valence-corrected chi connectivity index (χ2v) is 6.41. The Morgan fingerprint density at radius 3 is 2.90 bits per heavy atom. The number of rotatable bonds is 4. The van der Waals surface area contributed by atoms with Gasteiger partial charge < -0.3 is 10.1 Å². The fraction of sp³-hybridized carbons (Fsp3) is 0.706. The predicted octanol–water partition coefficient (Wildman–Crippen LogP) is 3.61. The second kappa shape index (κ2) is 6.23. The van der Waals surface area contributed by atoms with E-state index in [4.69, 9.17) is 4.74 Å². The van der Waals surface area contributed by atoms with Crippen molar-refractivity contribution in [1.82, 2.24) is 10.3 Å². The van der Waals surface area contributed by atoms with Crippen molar-refractivity contribution in [1.29, 1.82) is 0 Å². The number of nitrogens with one attached hydrogen (secondary N) is 1. The Hall–Kier alpha value is -0.930. The van der Waals surface area contributed by atoms with E-state index in [1.807, 2.05) is 18.3 Å². The molecule has 1 saturated heterocycles. The van der Waals surface area contributed by atoms with Gasteiger partial charge in [0.05, 0.1) is 17.4 Å². The summed E-state index contributed by atoms with van der Waals surface area (Å²) < 4.78 is 6.39. The Bertz CT molecular complexity index is 414. The molecule has 0 aromatic carbocycles. The van der Waals surface area contributed by atoms with Crippen molar-refractivity contribution >= 4 is 0 Å². The fourth-order valence-electron chi connectivity index (χ4n) is 3.65. The van der Waals surface area contributed by atoms with E-state index in [1.54, 1.807) is 0 Å². The topological polar surface area (TPSA) is 34.1 Å². The summed E-state index contributed by atoms with van der Waals surface area (Å²) in [6, 6.07) is 6.38. The molecule has 0 radical (unpaired) electrons. The maximum absolute atomic E-state index is 6.39. The molecule has 1 N–H and O–H groups in total. The lowest BCUT2D eigenvalue weighted by molar-refractivity contribution is -0.0628. The third kappa shape index (κ3) is 3.21. The third-order valence-electron chi connectivity index (χ3n) is 4.89. The summed E-state index contributed by atoms with van der Waals surface area (Å²) in [4.78, 5) is 4.40. The van der Waals surface area contributed by atoms with E-state index < -0.39 is 0 Å². The molecular weight excluding hydrogens is 248 g/mol. The van der Waals surface area contributed by atoms with Gasteiger partial charge in [-0.05, 0) is 44.7 Å². The Kier molecular flexibility index (Phi) is 4.37. The first-order valence-electron chi connectivity index (χ1n) is 8.10. The summed E-state index contributed by atoms with van der Waals surface area (Å²) in [7, 11) is 0. The molecule has 1 aliphatic heterocycles. The van der Waals surface area contributed by atoms with E-state index in [-0.39, 0.29) is 5.60 Å². The number of nitrogens with zero attached hydrogens (tertiary/aromatic N) is 1. The van der Waals surface area contributed by atoms with Gasteiger partial charge in [0.15, 0.2) is 0 Å². The largest absolute Gasteiger partial charge is 0.370 e. The minimum atomic E-state index is 0.235. The van der Waals surface area contributed by atoms with Crippen molar-refractivity contribution < 1.29 is 4.74 Å². The summed E-state index contributed by atoms with van der Waals surface area (Å²) in [6.45, 7) is 3.12. The Morgan fingerprint density at radius 1 is 1.30 bits per heavy atom. The lowest BCUT2D eigenvalue weighted by Crippen LogP contribution is -2.35. The number of pyridine rings is 1. The molecule has 2 aliphatic rings. The highest BCUT2D eigenvalue weighted by atomic mass is 16.5. The van der Waals surface area contributed by atoms with Crippen molar-refractivity contribution in [3.05, 3.63) is 30.1 Å². The lowest BCUT2D eigenvalue weighted by Gasteiger charge is -2.33. The Balaban J connectivity index is 1.48. The maximum Gasteiger partial charge on any atom is 0.0708 e. The van der Waals surface area contributed by atoms with Crippen molar-refractivity contribution in [2.75, 3.05) is 6.54 Å². The summed E-state index contributed by atoms with van der Waals surface area (Å²) in [5, 5.41) is 3.58. The van der Waals surface area contributed by atoms with E-state index >= 15 is 0 Å². The van der Waals surface area contributed by atoms with E-state index in [0.717, 1.165) is 12.2 Å². The SMILES string of the molecule is C[C@H](NCC1CCC2(CCCCC2)O1)c1ccccn1. The van der Waals surface area contributed by atoms with Crippen LogP contribution in [0.1, 0.15) is 63.6 Å². The molecule has 1 aromatic rings. The standard InChI is InChI=1S/C17H26N2O/c1-14(16-7-3-6-12-18-16)19-13-15-8-11-17(20-15)9-4-2-5-10-17/h3,6-7,12,14-15,19H,2,4-5,8-11,13H2,1H3/t14-,15?/m0/s1. The minimum Gasteiger partial charge on any atom is -0.370 e. The molecular formula is C17H26N2O. The molecule has 0 bridgehead atoms. The summed E-state index contributed by atoms with van der Waals surface area (Å²) in [5.74, 6) is 0. The van der Waals surface area contributed by atoms with Crippen LogP contribution in [-0.2, 0) is 4.74 Å². The van der Waals surface area contributed by atoms with E-state index in [0.29, 0.717) is 12.1 Å². The van der Waals surface area contributed by atoms with Crippen LogP contribution in [0.15, 0.2) is 24.4 Å². The van der Waals surface area contributed by atoms with Gasteiger partial charge >= 0.3 is 0 Å². The van der Waals surface area contributed by atoms with Crippen LogP contribution in [0.5, 0.6) is 0 Å². The first-order chi connectivity index (χ1) is 9.77. The highest BCUT2D eigenvalue weighted by Gasteiger charge is 2.40. The number of ether oxygens (including phenoxy) is 1. The molecule has 3 rings (SSSR count). The molecule has 3 heteroatoms. The van der Waals surface area contributed by atoms with Gasteiger partial charge in [-0.3, -0.25) is 4.98 Å². The highest BCUT2D eigenvalue weighted by molar-refractivity contribution is 5.07. The van der Waals surface area contributed by atoms with Crippen LogP contribution in [0.25, 0.3) is 0 Å². The maximum atomic E-state index is 6.39. The van der Waals surface area contributed by atoms with Crippen LogP contribution < -0.4 is 5.32 Å². The molecule has 1 aromatic heterocycles. The molecule has 2 heterocycles. The quantitative estimate of drug-likeness (QED) is 0.910. The first-order valence-corrected chi connectivity index (χ1v) is 8.10. The summed E-state index contributed by atoms with van der Waals surface area (Å²) in [5.41, 5.74) is 1.34. The lowest BCUT2D eigenvalue weighted by atomic mass is 9.83. The third-order valence-corrected chi connectivity index (χ3v) is 4.89. The number of hydrogen-bond acceptors (Lipinski definition) is 3. The minimum absolute atomic E-state index is 0.235. The average Bonchev–Trinajstić information content (AvgIpc) is 2.89. The van der Waals surface area contributed by atoms with Crippen molar-refractivity contribution in [3.63, 3.8) is 0 Å². The first kappa shape index (κ1) is 14.0. The van der Waals surface area contributed by atoms with E-state index in [1.165, 1.54) is 44.9 Å². The van der Waals surface area contributed by atoms with Gasteiger partial charge in [0.2, 0.25) is 0 Å². The summed E-state index contributed by atoms with van der Waals surface area (Å²) in [6.07, 6.45) is 11.4. The van der Waals surface area contributed by atoms with Gasteiger partial charge in [-0.15, -0.1) is 0 Å². The van der Waals surface area contributed by atoms with Crippen molar-refractivity contribution in [2.24, 2.45) is 0 Å². The number of hydrogen-bond donors (Lipinski definition) is 1. The van der Waals surface area contributed by atoms with Crippen molar-refractivity contribution in [2.45, 2.75) is 69.6 Å².